The Kier molecular flexibility index (Phi) is 6.48. The molecule has 1 unspecified atom stereocenters. The molecule has 17 heavy (non-hydrogen) atoms. The van der Waals surface area contributed by atoms with Crippen LogP contribution in [0.2, 0.25) is 5.02 Å². The molecule has 0 aliphatic carbocycles. The van der Waals surface area contributed by atoms with Gasteiger partial charge in [-0.3, -0.25) is 0 Å². The second kappa shape index (κ2) is 7.64. The lowest BCUT2D eigenvalue weighted by Gasteiger charge is -2.12. The van der Waals surface area contributed by atoms with E-state index in [0.29, 0.717) is 11.4 Å². The van der Waals surface area contributed by atoms with Crippen LogP contribution in [-0.2, 0) is 11.2 Å². The van der Waals surface area contributed by atoms with Gasteiger partial charge in [0.2, 0.25) is 0 Å². The van der Waals surface area contributed by atoms with Crippen LogP contribution in [-0.4, -0.2) is 19.3 Å². The van der Waals surface area contributed by atoms with Crippen LogP contribution in [0.3, 0.4) is 0 Å². The van der Waals surface area contributed by atoms with Gasteiger partial charge in [-0.1, -0.05) is 11.6 Å². The topological polar surface area (TPSA) is 35.2 Å². The molecule has 1 rings (SSSR count). The third-order valence-corrected chi connectivity index (χ3v) is 2.93. The Bertz CT molecular complexity index is 346. The SMILES string of the molecule is CCOCCCC(N)Cc1cc(F)ccc1Cl. The molecule has 0 saturated carbocycles. The third kappa shape index (κ3) is 5.48. The van der Waals surface area contributed by atoms with E-state index < -0.39 is 0 Å². The fourth-order valence-corrected chi connectivity index (χ4v) is 1.87. The highest BCUT2D eigenvalue weighted by atomic mass is 35.5. The van der Waals surface area contributed by atoms with Gasteiger partial charge < -0.3 is 10.5 Å². The summed E-state index contributed by atoms with van der Waals surface area (Å²) in [5.74, 6) is -0.272. The minimum absolute atomic E-state index is 0.00486. The summed E-state index contributed by atoms with van der Waals surface area (Å²) in [5.41, 5.74) is 6.74. The van der Waals surface area contributed by atoms with Crippen molar-refractivity contribution in [2.75, 3.05) is 13.2 Å². The zero-order valence-corrected chi connectivity index (χ0v) is 10.8. The summed E-state index contributed by atoms with van der Waals surface area (Å²) in [7, 11) is 0. The van der Waals surface area contributed by atoms with Gasteiger partial charge in [0.1, 0.15) is 5.82 Å². The number of nitrogens with two attached hydrogens (primary N) is 1. The fourth-order valence-electron chi connectivity index (χ4n) is 1.68. The molecule has 0 amide bonds. The minimum Gasteiger partial charge on any atom is -0.382 e. The molecular formula is C13H19ClFNO. The van der Waals surface area contributed by atoms with Crippen LogP contribution in [0.25, 0.3) is 0 Å². The second-order valence-corrected chi connectivity index (χ2v) is 4.45. The molecule has 0 aliphatic heterocycles. The first-order chi connectivity index (χ1) is 8.13. The van der Waals surface area contributed by atoms with Crippen molar-refractivity contribution < 1.29 is 9.13 Å². The third-order valence-electron chi connectivity index (χ3n) is 2.56. The largest absolute Gasteiger partial charge is 0.382 e. The Hall–Kier alpha value is -0.640. The number of hydrogen-bond acceptors (Lipinski definition) is 2. The number of rotatable bonds is 7. The van der Waals surface area contributed by atoms with Crippen molar-refractivity contribution in [3.8, 4) is 0 Å². The zero-order valence-electron chi connectivity index (χ0n) is 10.1. The Morgan fingerprint density at radius 1 is 1.47 bits per heavy atom. The second-order valence-electron chi connectivity index (χ2n) is 4.04. The van der Waals surface area contributed by atoms with Crippen LogP contribution in [0.5, 0.6) is 0 Å². The lowest BCUT2D eigenvalue weighted by molar-refractivity contribution is 0.142. The summed E-state index contributed by atoms with van der Waals surface area (Å²) in [4.78, 5) is 0. The lowest BCUT2D eigenvalue weighted by atomic mass is 10.0. The smallest absolute Gasteiger partial charge is 0.123 e. The maximum Gasteiger partial charge on any atom is 0.123 e. The highest BCUT2D eigenvalue weighted by molar-refractivity contribution is 6.31. The first-order valence-corrected chi connectivity index (χ1v) is 6.28. The molecule has 4 heteroatoms. The van der Waals surface area contributed by atoms with Crippen molar-refractivity contribution in [1.82, 2.24) is 0 Å². The Labute approximate surface area is 107 Å². The standard InChI is InChI=1S/C13H19ClFNO/c1-2-17-7-3-4-12(16)9-10-8-11(15)5-6-13(10)14/h5-6,8,12H,2-4,7,9,16H2,1H3. The highest BCUT2D eigenvalue weighted by Gasteiger charge is 2.08. The van der Waals surface area contributed by atoms with Crippen LogP contribution in [0.4, 0.5) is 4.39 Å². The van der Waals surface area contributed by atoms with Crippen molar-refractivity contribution in [2.24, 2.45) is 5.73 Å². The van der Waals surface area contributed by atoms with Crippen molar-refractivity contribution in [2.45, 2.75) is 32.2 Å². The normalized spacial score (nSPS) is 12.7. The van der Waals surface area contributed by atoms with Crippen LogP contribution in [0.15, 0.2) is 18.2 Å². The molecule has 2 N–H and O–H groups in total. The molecule has 1 aromatic carbocycles. The molecule has 0 aromatic heterocycles. The number of ether oxygens (including phenoxy) is 1. The Balaban J connectivity index is 2.39. The van der Waals surface area contributed by atoms with Crippen LogP contribution in [0.1, 0.15) is 25.3 Å². The predicted molar refractivity (Wildman–Crippen MR) is 68.8 cm³/mol. The Morgan fingerprint density at radius 3 is 2.94 bits per heavy atom. The van der Waals surface area contributed by atoms with E-state index in [9.17, 15) is 4.39 Å². The van der Waals surface area contributed by atoms with Crippen molar-refractivity contribution in [3.05, 3.63) is 34.6 Å². The number of hydrogen-bond donors (Lipinski definition) is 1. The minimum atomic E-state index is -0.272. The summed E-state index contributed by atoms with van der Waals surface area (Å²) in [6.45, 7) is 3.42. The van der Waals surface area contributed by atoms with Crippen LogP contribution in [0, 0.1) is 5.82 Å². The van der Waals surface area contributed by atoms with Gasteiger partial charge in [0, 0.05) is 24.3 Å². The monoisotopic (exact) mass is 259 g/mol. The summed E-state index contributed by atoms with van der Waals surface area (Å²) >= 11 is 5.98. The van der Waals surface area contributed by atoms with Gasteiger partial charge in [-0.15, -0.1) is 0 Å². The van der Waals surface area contributed by atoms with E-state index in [2.05, 4.69) is 0 Å². The molecule has 2 nitrogen and oxygen atoms in total. The highest BCUT2D eigenvalue weighted by Crippen LogP contribution is 2.19. The van der Waals surface area contributed by atoms with Gasteiger partial charge in [0.25, 0.3) is 0 Å². The molecule has 0 aliphatic rings. The maximum absolute atomic E-state index is 13.0. The first-order valence-electron chi connectivity index (χ1n) is 5.90. The van der Waals surface area contributed by atoms with E-state index in [1.54, 1.807) is 6.07 Å². The summed E-state index contributed by atoms with van der Waals surface area (Å²) in [6.07, 6.45) is 2.37. The van der Waals surface area contributed by atoms with E-state index in [4.69, 9.17) is 22.1 Å². The van der Waals surface area contributed by atoms with Gasteiger partial charge >= 0.3 is 0 Å². The van der Waals surface area contributed by atoms with Crippen molar-refractivity contribution >= 4 is 11.6 Å². The molecular weight excluding hydrogens is 241 g/mol. The molecule has 0 bridgehead atoms. The average Bonchev–Trinajstić information content (AvgIpc) is 2.29. The van der Waals surface area contributed by atoms with E-state index >= 15 is 0 Å². The fraction of sp³-hybridized carbons (Fsp3) is 0.538. The molecule has 0 saturated heterocycles. The maximum atomic E-state index is 13.0. The van der Waals surface area contributed by atoms with Gasteiger partial charge in [0.15, 0.2) is 0 Å². The molecule has 0 spiro atoms. The quantitative estimate of drug-likeness (QED) is 0.764. The lowest BCUT2D eigenvalue weighted by Crippen LogP contribution is -2.23. The van der Waals surface area contributed by atoms with Crippen LogP contribution >= 0.6 is 11.6 Å². The van der Waals surface area contributed by atoms with Gasteiger partial charge in [-0.05, 0) is 49.9 Å². The van der Waals surface area contributed by atoms with Crippen molar-refractivity contribution in [1.29, 1.82) is 0 Å². The Morgan fingerprint density at radius 2 is 2.24 bits per heavy atom. The van der Waals surface area contributed by atoms with E-state index in [0.717, 1.165) is 31.6 Å². The number of halogens is 2. The molecule has 1 aromatic rings. The summed E-state index contributed by atoms with van der Waals surface area (Å²) in [5, 5.41) is 0.576. The van der Waals surface area contributed by atoms with Gasteiger partial charge in [-0.2, -0.15) is 0 Å². The number of benzene rings is 1. The van der Waals surface area contributed by atoms with Crippen LogP contribution < -0.4 is 5.73 Å². The van der Waals surface area contributed by atoms with Crippen molar-refractivity contribution in [3.63, 3.8) is 0 Å². The van der Waals surface area contributed by atoms with Gasteiger partial charge in [-0.25, -0.2) is 4.39 Å². The van der Waals surface area contributed by atoms with E-state index in [-0.39, 0.29) is 11.9 Å². The van der Waals surface area contributed by atoms with E-state index in [1.807, 2.05) is 6.92 Å². The summed E-state index contributed by atoms with van der Waals surface area (Å²) in [6, 6.07) is 4.37. The first kappa shape index (κ1) is 14.4. The molecule has 0 heterocycles. The summed E-state index contributed by atoms with van der Waals surface area (Å²) < 4.78 is 18.3. The predicted octanol–water partition coefficient (Wildman–Crippen LogP) is 3.17. The average molecular weight is 260 g/mol. The van der Waals surface area contributed by atoms with E-state index in [1.165, 1.54) is 12.1 Å². The van der Waals surface area contributed by atoms with Gasteiger partial charge in [0.05, 0.1) is 0 Å². The molecule has 96 valence electrons. The molecule has 0 fully saturated rings. The molecule has 0 radical (unpaired) electrons. The zero-order chi connectivity index (χ0) is 12.7. The molecule has 1 atom stereocenters.